The Hall–Kier alpha value is -2.29. The lowest BCUT2D eigenvalue weighted by Gasteiger charge is -2.06. The Balaban J connectivity index is 2.35. The average molecular weight is 255 g/mol. The second kappa shape index (κ2) is 5.14. The fourth-order valence-corrected chi connectivity index (χ4v) is 2.14. The molecule has 0 radical (unpaired) electrons. The van der Waals surface area contributed by atoms with Crippen molar-refractivity contribution in [2.24, 2.45) is 4.99 Å². The number of benzene rings is 2. The van der Waals surface area contributed by atoms with Crippen LogP contribution in [0.5, 0.6) is 11.5 Å². The monoisotopic (exact) mass is 255 g/mol. The number of aliphatic imine (C=N–C) groups is 1. The normalized spacial score (nSPS) is 11.1. The van der Waals surface area contributed by atoms with Gasteiger partial charge in [0.15, 0.2) is 11.5 Å². The Bertz CT molecular complexity index is 622. The molecular weight excluding hydrogens is 238 g/mol. The van der Waals surface area contributed by atoms with Crippen LogP contribution < -0.4 is 0 Å². The van der Waals surface area contributed by atoms with Gasteiger partial charge in [0.25, 0.3) is 0 Å². The standard InChI is InChI=1S/C16H17NO2/c1-10-6-11(2)16(12(3)7-10)17-9-13-4-5-14(18)15(19)8-13/h4-9,18-19H,1-3H3. The molecule has 98 valence electrons. The van der Waals surface area contributed by atoms with Crippen molar-refractivity contribution in [3.8, 4) is 11.5 Å². The van der Waals surface area contributed by atoms with Crippen LogP contribution >= 0.6 is 0 Å². The van der Waals surface area contributed by atoms with Crippen molar-refractivity contribution >= 4 is 11.9 Å². The second-order valence-corrected chi connectivity index (χ2v) is 4.75. The molecule has 0 amide bonds. The minimum absolute atomic E-state index is 0.125. The minimum Gasteiger partial charge on any atom is -0.504 e. The molecular formula is C16H17NO2. The summed E-state index contributed by atoms with van der Waals surface area (Å²) in [4.78, 5) is 4.47. The van der Waals surface area contributed by atoms with Crippen LogP contribution in [-0.4, -0.2) is 16.4 Å². The maximum atomic E-state index is 9.43. The molecule has 0 aliphatic rings. The van der Waals surface area contributed by atoms with Crippen LogP contribution in [0.1, 0.15) is 22.3 Å². The molecule has 0 unspecified atom stereocenters. The van der Waals surface area contributed by atoms with Gasteiger partial charge in [-0.15, -0.1) is 0 Å². The highest BCUT2D eigenvalue weighted by atomic mass is 16.3. The van der Waals surface area contributed by atoms with E-state index in [0.717, 1.165) is 22.4 Å². The van der Waals surface area contributed by atoms with E-state index >= 15 is 0 Å². The molecule has 3 nitrogen and oxygen atoms in total. The third-order valence-corrected chi connectivity index (χ3v) is 2.98. The van der Waals surface area contributed by atoms with Gasteiger partial charge in [-0.3, -0.25) is 4.99 Å². The van der Waals surface area contributed by atoms with E-state index in [1.54, 1.807) is 12.3 Å². The largest absolute Gasteiger partial charge is 0.504 e. The number of phenols is 2. The summed E-state index contributed by atoms with van der Waals surface area (Å²) >= 11 is 0. The zero-order valence-electron chi connectivity index (χ0n) is 11.3. The quantitative estimate of drug-likeness (QED) is 0.634. The SMILES string of the molecule is Cc1cc(C)c(N=Cc2ccc(O)c(O)c2)c(C)c1. The first-order valence-corrected chi connectivity index (χ1v) is 6.11. The molecule has 2 N–H and O–H groups in total. The third-order valence-electron chi connectivity index (χ3n) is 2.98. The van der Waals surface area contributed by atoms with Gasteiger partial charge in [0.2, 0.25) is 0 Å². The summed E-state index contributed by atoms with van der Waals surface area (Å²) in [7, 11) is 0. The van der Waals surface area contributed by atoms with Crippen LogP contribution in [0.2, 0.25) is 0 Å². The molecule has 0 fully saturated rings. The van der Waals surface area contributed by atoms with E-state index in [1.807, 2.05) is 13.8 Å². The Morgan fingerprint density at radius 1 is 0.895 bits per heavy atom. The molecule has 19 heavy (non-hydrogen) atoms. The molecule has 2 aromatic rings. The highest BCUT2D eigenvalue weighted by Gasteiger charge is 2.02. The van der Waals surface area contributed by atoms with Crippen LogP contribution in [0.25, 0.3) is 0 Å². The minimum atomic E-state index is -0.138. The molecule has 2 rings (SSSR count). The van der Waals surface area contributed by atoms with Crippen molar-refractivity contribution in [2.75, 3.05) is 0 Å². The van der Waals surface area contributed by atoms with Crippen molar-refractivity contribution < 1.29 is 10.2 Å². The molecule has 3 heteroatoms. The van der Waals surface area contributed by atoms with Gasteiger partial charge < -0.3 is 10.2 Å². The molecule has 0 saturated carbocycles. The molecule has 0 aliphatic heterocycles. The van der Waals surface area contributed by atoms with Gasteiger partial charge in [-0.05, 0) is 55.7 Å². The predicted molar refractivity (Wildman–Crippen MR) is 77.7 cm³/mol. The lowest BCUT2D eigenvalue weighted by atomic mass is 10.1. The fourth-order valence-electron chi connectivity index (χ4n) is 2.14. The van der Waals surface area contributed by atoms with Crippen molar-refractivity contribution in [3.05, 3.63) is 52.6 Å². The summed E-state index contributed by atoms with van der Waals surface area (Å²) in [6.45, 7) is 6.12. The molecule has 0 saturated heterocycles. The molecule has 0 bridgehead atoms. The van der Waals surface area contributed by atoms with E-state index in [2.05, 4.69) is 24.0 Å². The van der Waals surface area contributed by atoms with E-state index in [1.165, 1.54) is 17.7 Å². The summed E-state index contributed by atoms with van der Waals surface area (Å²) in [5, 5.41) is 18.7. The van der Waals surface area contributed by atoms with Crippen molar-refractivity contribution in [1.29, 1.82) is 0 Å². The summed E-state index contributed by atoms with van der Waals surface area (Å²) < 4.78 is 0. The Labute approximate surface area is 112 Å². The van der Waals surface area contributed by atoms with Gasteiger partial charge in [0, 0.05) is 6.21 Å². The lowest BCUT2D eigenvalue weighted by molar-refractivity contribution is 0.403. The van der Waals surface area contributed by atoms with Crippen LogP contribution in [-0.2, 0) is 0 Å². The van der Waals surface area contributed by atoms with E-state index < -0.39 is 0 Å². The first-order chi connectivity index (χ1) is 8.97. The summed E-state index contributed by atoms with van der Waals surface area (Å²) in [6.07, 6.45) is 1.68. The number of aromatic hydroxyl groups is 2. The third kappa shape index (κ3) is 2.94. The van der Waals surface area contributed by atoms with E-state index in [-0.39, 0.29) is 11.5 Å². The van der Waals surface area contributed by atoms with Gasteiger partial charge in [0.1, 0.15) is 0 Å². The van der Waals surface area contributed by atoms with Gasteiger partial charge in [-0.25, -0.2) is 0 Å². The Kier molecular flexibility index (Phi) is 3.56. The van der Waals surface area contributed by atoms with Crippen LogP contribution in [0.4, 0.5) is 5.69 Å². The van der Waals surface area contributed by atoms with Gasteiger partial charge >= 0.3 is 0 Å². The van der Waals surface area contributed by atoms with E-state index in [0.29, 0.717) is 0 Å². The molecule has 0 spiro atoms. The number of hydrogen-bond donors (Lipinski definition) is 2. The fraction of sp³-hybridized carbons (Fsp3) is 0.188. The topological polar surface area (TPSA) is 52.8 Å². The number of rotatable bonds is 2. The molecule has 0 heterocycles. The number of nitrogens with zero attached hydrogens (tertiary/aromatic N) is 1. The number of aryl methyl sites for hydroxylation is 3. The van der Waals surface area contributed by atoms with Crippen LogP contribution in [0.3, 0.4) is 0 Å². The summed E-state index contributed by atoms with van der Waals surface area (Å²) in [5.74, 6) is -0.263. The van der Waals surface area contributed by atoms with Gasteiger partial charge in [-0.2, -0.15) is 0 Å². The first-order valence-electron chi connectivity index (χ1n) is 6.11. The smallest absolute Gasteiger partial charge is 0.158 e. The lowest BCUT2D eigenvalue weighted by Crippen LogP contribution is -1.86. The zero-order valence-corrected chi connectivity index (χ0v) is 11.3. The summed E-state index contributed by atoms with van der Waals surface area (Å²) in [5.41, 5.74) is 5.15. The molecule has 0 aromatic heterocycles. The van der Waals surface area contributed by atoms with Gasteiger partial charge in [-0.1, -0.05) is 17.7 Å². The predicted octanol–water partition coefficient (Wildman–Crippen LogP) is 3.77. The van der Waals surface area contributed by atoms with E-state index in [9.17, 15) is 10.2 Å². The maximum Gasteiger partial charge on any atom is 0.158 e. The zero-order chi connectivity index (χ0) is 14.0. The number of hydrogen-bond acceptors (Lipinski definition) is 3. The molecule has 0 atom stereocenters. The molecule has 0 aliphatic carbocycles. The second-order valence-electron chi connectivity index (χ2n) is 4.75. The van der Waals surface area contributed by atoms with Gasteiger partial charge in [0.05, 0.1) is 5.69 Å². The first kappa shape index (κ1) is 13.1. The van der Waals surface area contributed by atoms with E-state index in [4.69, 9.17) is 0 Å². The van der Waals surface area contributed by atoms with Crippen molar-refractivity contribution in [2.45, 2.75) is 20.8 Å². The number of phenolic OH excluding ortho intramolecular Hbond substituents is 2. The maximum absolute atomic E-state index is 9.43. The highest BCUT2D eigenvalue weighted by Crippen LogP contribution is 2.27. The molecule has 2 aromatic carbocycles. The highest BCUT2D eigenvalue weighted by molar-refractivity contribution is 5.83. The van der Waals surface area contributed by atoms with Crippen LogP contribution in [0.15, 0.2) is 35.3 Å². The van der Waals surface area contributed by atoms with Crippen molar-refractivity contribution in [1.82, 2.24) is 0 Å². The summed E-state index contributed by atoms with van der Waals surface area (Å²) in [6, 6.07) is 8.82. The Morgan fingerprint density at radius 3 is 2.11 bits per heavy atom. The van der Waals surface area contributed by atoms with Crippen LogP contribution in [0, 0.1) is 20.8 Å². The average Bonchev–Trinajstić information content (AvgIpc) is 2.32. The van der Waals surface area contributed by atoms with Crippen molar-refractivity contribution in [3.63, 3.8) is 0 Å². The Morgan fingerprint density at radius 2 is 1.53 bits per heavy atom.